The average molecular weight is 367 g/mol. The topological polar surface area (TPSA) is 23.5 Å². The summed E-state index contributed by atoms with van der Waals surface area (Å²) in [5.41, 5.74) is 2.27. The molecule has 0 saturated heterocycles. The second-order valence-electron chi connectivity index (χ2n) is 4.72. The van der Waals surface area contributed by atoms with E-state index in [4.69, 9.17) is 0 Å². The van der Waals surface area contributed by atoms with E-state index < -0.39 is 6.10 Å². The van der Waals surface area contributed by atoms with Gasteiger partial charge in [0.2, 0.25) is 0 Å². The summed E-state index contributed by atoms with van der Waals surface area (Å²) in [4.78, 5) is 2.14. The van der Waals surface area contributed by atoms with Gasteiger partial charge in [0, 0.05) is 16.7 Å². The Bertz CT molecular complexity index is 515. The van der Waals surface area contributed by atoms with Crippen molar-refractivity contribution in [2.24, 2.45) is 0 Å². The molecule has 0 saturated carbocycles. The standard InChI is InChI=1S/C16H18INO/c1-18(11-13-7-3-2-4-8-13)12-16(19)14-9-5-6-10-15(14)17/h2-10,16,19H,11-12H2,1H3/t16-/m0/s1. The molecule has 1 N–H and O–H groups in total. The van der Waals surface area contributed by atoms with Crippen LogP contribution in [-0.4, -0.2) is 23.6 Å². The molecule has 19 heavy (non-hydrogen) atoms. The highest BCUT2D eigenvalue weighted by atomic mass is 127. The van der Waals surface area contributed by atoms with Crippen LogP contribution < -0.4 is 0 Å². The fourth-order valence-corrected chi connectivity index (χ4v) is 2.85. The third-order valence-corrected chi connectivity index (χ3v) is 4.03. The number of aliphatic hydroxyl groups is 1. The van der Waals surface area contributed by atoms with Crippen molar-refractivity contribution in [3.8, 4) is 0 Å². The smallest absolute Gasteiger partial charge is 0.0927 e. The SMILES string of the molecule is CN(Cc1ccccc1)C[C@H](O)c1ccccc1I. The zero-order valence-corrected chi connectivity index (χ0v) is 13.1. The highest BCUT2D eigenvalue weighted by molar-refractivity contribution is 14.1. The maximum absolute atomic E-state index is 10.3. The average Bonchev–Trinajstić information content (AvgIpc) is 2.40. The minimum absolute atomic E-state index is 0.443. The van der Waals surface area contributed by atoms with Gasteiger partial charge >= 0.3 is 0 Å². The first kappa shape index (κ1) is 14.5. The molecule has 0 heterocycles. The Labute approximate surface area is 128 Å². The number of benzene rings is 2. The van der Waals surface area contributed by atoms with Crippen LogP contribution in [0.3, 0.4) is 0 Å². The molecule has 0 bridgehead atoms. The third-order valence-electron chi connectivity index (χ3n) is 3.04. The van der Waals surface area contributed by atoms with Gasteiger partial charge in [0.1, 0.15) is 0 Å². The molecule has 2 aromatic carbocycles. The molecule has 0 aliphatic rings. The summed E-state index contributed by atoms with van der Waals surface area (Å²) in [6.45, 7) is 1.48. The number of halogens is 1. The molecule has 2 nitrogen and oxygen atoms in total. The van der Waals surface area contributed by atoms with Crippen LogP contribution in [0.5, 0.6) is 0 Å². The first-order valence-electron chi connectivity index (χ1n) is 6.32. The van der Waals surface area contributed by atoms with Gasteiger partial charge in [-0.1, -0.05) is 48.5 Å². The summed E-state index contributed by atoms with van der Waals surface area (Å²) in [7, 11) is 2.03. The van der Waals surface area contributed by atoms with Crippen molar-refractivity contribution in [2.45, 2.75) is 12.6 Å². The molecule has 2 aromatic rings. The van der Waals surface area contributed by atoms with Crippen LogP contribution in [-0.2, 0) is 6.54 Å². The van der Waals surface area contributed by atoms with Crippen LogP contribution in [0.25, 0.3) is 0 Å². The highest BCUT2D eigenvalue weighted by Gasteiger charge is 2.13. The monoisotopic (exact) mass is 367 g/mol. The van der Waals surface area contributed by atoms with E-state index in [0.29, 0.717) is 6.54 Å². The Morgan fingerprint density at radius 3 is 2.37 bits per heavy atom. The molecule has 3 heteroatoms. The van der Waals surface area contributed by atoms with E-state index in [2.05, 4.69) is 39.6 Å². The number of hydrogen-bond donors (Lipinski definition) is 1. The normalized spacial score (nSPS) is 12.6. The van der Waals surface area contributed by atoms with Gasteiger partial charge in [-0.15, -0.1) is 0 Å². The van der Waals surface area contributed by atoms with Gasteiger partial charge in [-0.2, -0.15) is 0 Å². The van der Waals surface area contributed by atoms with Gasteiger partial charge in [-0.3, -0.25) is 4.90 Å². The van der Waals surface area contributed by atoms with E-state index in [1.165, 1.54) is 5.56 Å². The summed E-state index contributed by atoms with van der Waals surface area (Å²) >= 11 is 2.27. The van der Waals surface area contributed by atoms with Crippen LogP contribution in [0.4, 0.5) is 0 Å². The van der Waals surface area contributed by atoms with E-state index in [-0.39, 0.29) is 0 Å². The molecule has 0 aliphatic carbocycles. The van der Waals surface area contributed by atoms with Crippen LogP contribution in [0, 0.1) is 3.57 Å². The molecular weight excluding hydrogens is 349 g/mol. The van der Waals surface area contributed by atoms with Gasteiger partial charge in [0.15, 0.2) is 0 Å². The van der Waals surface area contributed by atoms with Crippen molar-refractivity contribution in [1.29, 1.82) is 0 Å². The van der Waals surface area contributed by atoms with Crippen molar-refractivity contribution in [1.82, 2.24) is 4.90 Å². The van der Waals surface area contributed by atoms with Crippen molar-refractivity contribution in [3.63, 3.8) is 0 Å². The van der Waals surface area contributed by atoms with Crippen molar-refractivity contribution >= 4 is 22.6 Å². The summed E-state index contributed by atoms with van der Waals surface area (Å²) in [6, 6.07) is 18.3. The highest BCUT2D eigenvalue weighted by Crippen LogP contribution is 2.20. The second-order valence-corrected chi connectivity index (χ2v) is 5.88. The first-order valence-corrected chi connectivity index (χ1v) is 7.39. The summed E-state index contributed by atoms with van der Waals surface area (Å²) in [6.07, 6.45) is -0.443. The first-order chi connectivity index (χ1) is 9.16. The fourth-order valence-electron chi connectivity index (χ4n) is 2.10. The van der Waals surface area contributed by atoms with E-state index in [0.717, 1.165) is 15.7 Å². The maximum Gasteiger partial charge on any atom is 0.0927 e. The van der Waals surface area contributed by atoms with Gasteiger partial charge in [-0.25, -0.2) is 0 Å². The van der Waals surface area contributed by atoms with Crippen LogP contribution in [0.1, 0.15) is 17.2 Å². The van der Waals surface area contributed by atoms with Gasteiger partial charge in [-0.05, 0) is 46.8 Å². The number of likely N-dealkylation sites (N-methyl/N-ethyl adjacent to an activating group) is 1. The minimum atomic E-state index is -0.443. The van der Waals surface area contributed by atoms with Gasteiger partial charge in [0.25, 0.3) is 0 Å². The van der Waals surface area contributed by atoms with E-state index in [1.54, 1.807) is 0 Å². The number of nitrogens with zero attached hydrogens (tertiary/aromatic N) is 1. The van der Waals surface area contributed by atoms with Crippen LogP contribution in [0.15, 0.2) is 54.6 Å². The molecule has 0 spiro atoms. The molecule has 100 valence electrons. The third kappa shape index (κ3) is 4.30. The van der Waals surface area contributed by atoms with Crippen molar-refractivity contribution in [2.75, 3.05) is 13.6 Å². The Hall–Kier alpha value is -0.910. The fraction of sp³-hybridized carbons (Fsp3) is 0.250. The quantitative estimate of drug-likeness (QED) is 0.819. The lowest BCUT2D eigenvalue weighted by Crippen LogP contribution is -2.24. The zero-order chi connectivity index (χ0) is 13.7. The molecule has 0 amide bonds. The molecular formula is C16H18INO. The Morgan fingerprint density at radius 1 is 1.05 bits per heavy atom. The van der Waals surface area contributed by atoms with Gasteiger partial charge in [0.05, 0.1) is 6.10 Å². The van der Waals surface area contributed by atoms with Crippen molar-refractivity contribution < 1.29 is 5.11 Å². The zero-order valence-electron chi connectivity index (χ0n) is 11.0. The Morgan fingerprint density at radius 2 is 1.68 bits per heavy atom. The number of aliphatic hydroxyl groups excluding tert-OH is 1. The molecule has 0 fully saturated rings. The molecule has 0 aromatic heterocycles. The molecule has 2 rings (SSSR count). The Balaban J connectivity index is 1.96. The second kappa shape index (κ2) is 7.03. The molecule has 0 radical (unpaired) electrons. The summed E-state index contributed by atoms with van der Waals surface area (Å²) < 4.78 is 1.11. The van der Waals surface area contributed by atoms with Crippen LogP contribution >= 0.6 is 22.6 Å². The summed E-state index contributed by atoms with van der Waals surface area (Å²) in [5, 5.41) is 10.3. The molecule has 0 aliphatic heterocycles. The minimum Gasteiger partial charge on any atom is -0.387 e. The Kier molecular flexibility index (Phi) is 5.36. The molecule has 1 atom stereocenters. The number of hydrogen-bond acceptors (Lipinski definition) is 2. The lowest BCUT2D eigenvalue weighted by atomic mass is 10.1. The lowest BCUT2D eigenvalue weighted by molar-refractivity contribution is 0.123. The van der Waals surface area contributed by atoms with Crippen LogP contribution in [0.2, 0.25) is 0 Å². The molecule has 0 unspecified atom stereocenters. The predicted octanol–water partition coefficient (Wildman–Crippen LogP) is 3.46. The largest absolute Gasteiger partial charge is 0.387 e. The maximum atomic E-state index is 10.3. The van der Waals surface area contributed by atoms with E-state index in [9.17, 15) is 5.11 Å². The lowest BCUT2D eigenvalue weighted by Gasteiger charge is -2.21. The number of rotatable bonds is 5. The van der Waals surface area contributed by atoms with E-state index >= 15 is 0 Å². The predicted molar refractivity (Wildman–Crippen MR) is 86.9 cm³/mol. The van der Waals surface area contributed by atoms with Gasteiger partial charge < -0.3 is 5.11 Å². The summed E-state index contributed by atoms with van der Waals surface area (Å²) in [5.74, 6) is 0. The van der Waals surface area contributed by atoms with Crippen molar-refractivity contribution in [3.05, 3.63) is 69.3 Å². The van der Waals surface area contributed by atoms with E-state index in [1.807, 2.05) is 49.5 Å².